The van der Waals surface area contributed by atoms with E-state index in [0.717, 1.165) is 0 Å². The molecule has 0 heterocycles. The van der Waals surface area contributed by atoms with Gasteiger partial charge in [0, 0.05) is 5.69 Å². The summed E-state index contributed by atoms with van der Waals surface area (Å²) < 4.78 is 5.55. The van der Waals surface area contributed by atoms with Gasteiger partial charge in [-0.05, 0) is 41.9 Å². The molecule has 2 aromatic rings. The predicted octanol–water partition coefficient (Wildman–Crippen LogP) is 0.741. The molecule has 0 unspecified atom stereocenters. The van der Waals surface area contributed by atoms with Crippen molar-refractivity contribution in [2.24, 2.45) is 0 Å². The number of anilines is 1. The van der Waals surface area contributed by atoms with Crippen molar-refractivity contribution in [1.82, 2.24) is 0 Å². The number of ether oxygens (including phenoxy) is 1. The van der Waals surface area contributed by atoms with Crippen LogP contribution in [0.1, 0.15) is 0 Å². The quantitative estimate of drug-likeness (QED) is 0.536. The molecule has 0 aliphatic heterocycles. The van der Waals surface area contributed by atoms with Gasteiger partial charge in [0.25, 0.3) is 0 Å². The second-order valence-corrected chi connectivity index (χ2v) is 3.61. The smallest absolute Gasteiger partial charge is 0.457 e. The molecule has 0 spiro atoms. The van der Waals surface area contributed by atoms with E-state index < -0.39 is 7.12 Å². The van der Waals surface area contributed by atoms with Crippen LogP contribution in [0.3, 0.4) is 0 Å². The monoisotopic (exact) mass is 229 g/mol. The minimum atomic E-state index is -1.46. The van der Waals surface area contributed by atoms with Crippen LogP contribution in [0.5, 0.6) is 11.5 Å². The van der Waals surface area contributed by atoms with E-state index in [0.29, 0.717) is 22.6 Å². The average molecular weight is 229 g/mol. The zero-order chi connectivity index (χ0) is 12.3. The summed E-state index contributed by atoms with van der Waals surface area (Å²) in [4.78, 5) is 0. The number of nitrogen functional groups attached to an aromatic ring is 1. The molecule has 0 aliphatic carbocycles. The number of rotatable bonds is 3. The third-order valence-electron chi connectivity index (χ3n) is 2.29. The van der Waals surface area contributed by atoms with Gasteiger partial charge in [-0.1, -0.05) is 12.1 Å². The van der Waals surface area contributed by atoms with Crippen molar-refractivity contribution >= 4 is 18.3 Å². The molecule has 86 valence electrons. The topological polar surface area (TPSA) is 75.7 Å². The van der Waals surface area contributed by atoms with Crippen LogP contribution in [0.15, 0.2) is 48.5 Å². The fraction of sp³-hybridized carbons (Fsp3) is 0. The highest BCUT2D eigenvalue weighted by molar-refractivity contribution is 6.58. The molecule has 0 amide bonds. The third kappa shape index (κ3) is 2.99. The van der Waals surface area contributed by atoms with Crippen molar-refractivity contribution in [2.75, 3.05) is 5.73 Å². The van der Waals surface area contributed by atoms with Gasteiger partial charge in [-0.2, -0.15) is 0 Å². The first-order valence-corrected chi connectivity index (χ1v) is 5.14. The third-order valence-corrected chi connectivity index (χ3v) is 2.29. The molecule has 4 nitrogen and oxygen atoms in total. The van der Waals surface area contributed by atoms with Crippen LogP contribution in [-0.2, 0) is 0 Å². The number of hydrogen-bond acceptors (Lipinski definition) is 4. The van der Waals surface area contributed by atoms with E-state index in [1.807, 2.05) is 0 Å². The Hall–Kier alpha value is -1.98. The summed E-state index contributed by atoms with van der Waals surface area (Å²) in [5.41, 5.74) is 6.66. The molecule has 17 heavy (non-hydrogen) atoms. The van der Waals surface area contributed by atoms with Crippen molar-refractivity contribution in [3.8, 4) is 11.5 Å². The normalized spacial score (nSPS) is 10.0. The van der Waals surface area contributed by atoms with E-state index in [4.69, 9.17) is 20.5 Å². The van der Waals surface area contributed by atoms with E-state index in [1.165, 1.54) is 0 Å². The van der Waals surface area contributed by atoms with Crippen molar-refractivity contribution < 1.29 is 14.8 Å². The Balaban J connectivity index is 2.11. The SMILES string of the molecule is Nc1ccc(Oc2ccc(B(O)O)cc2)cc1. The van der Waals surface area contributed by atoms with Crippen molar-refractivity contribution in [2.45, 2.75) is 0 Å². The molecular weight excluding hydrogens is 217 g/mol. The second kappa shape index (κ2) is 4.90. The highest BCUT2D eigenvalue weighted by atomic mass is 16.5. The zero-order valence-corrected chi connectivity index (χ0v) is 9.08. The van der Waals surface area contributed by atoms with Gasteiger partial charge in [-0.25, -0.2) is 0 Å². The van der Waals surface area contributed by atoms with Gasteiger partial charge in [-0.15, -0.1) is 0 Å². The molecule has 5 heteroatoms. The molecule has 4 N–H and O–H groups in total. The first-order valence-electron chi connectivity index (χ1n) is 5.14. The maximum atomic E-state index is 8.94. The molecule has 0 aromatic heterocycles. The van der Waals surface area contributed by atoms with Crippen LogP contribution in [-0.4, -0.2) is 17.2 Å². The zero-order valence-electron chi connectivity index (χ0n) is 9.08. The summed E-state index contributed by atoms with van der Waals surface area (Å²) in [6.45, 7) is 0. The Bertz CT molecular complexity index is 482. The van der Waals surface area contributed by atoms with E-state index in [2.05, 4.69) is 0 Å². The lowest BCUT2D eigenvalue weighted by molar-refractivity contribution is 0.425. The van der Waals surface area contributed by atoms with Gasteiger partial charge >= 0.3 is 7.12 Å². The van der Waals surface area contributed by atoms with Gasteiger partial charge in [0.2, 0.25) is 0 Å². The van der Waals surface area contributed by atoms with Gasteiger partial charge in [0.1, 0.15) is 11.5 Å². The fourth-order valence-corrected chi connectivity index (χ4v) is 1.38. The summed E-state index contributed by atoms with van der Waals surface area (Å²) in [5.74, 6) is 1.30. The molecule has 0 aliphatic rings. The van der Waals surface area contributed by atoms with Gasteiger partial charge in [0.05, 0.1) is 0 Å². The molecule has 0 fully saturated rings. The lowest BCUT2D eigenvalue weighted by Crippen LogP contribution is -2.29. The van der Waals surface area contributed by atoms with Crippen LogP contribution >= 0.6 is 0 Å². The summed E-state index contributed by atoms with van der Waals surface area (Å²) >= 11 is 0. The molecular formula is C12H12BNO3. The minimum Gasteiger partial charge on any atom is -0.457 e. The number of hydrogen-bond donors (Lipinski definition) is 3. The van der Waals surface area contributed by atoms with Crippen molar-refractivity contribution in [3.05, 3.63) is 48.5 Å². The first-order chi connectivity index (χ1) is 8.15. The van der Waals surface area contributed by atoms with E-state index in [9.17, 15) is 0 Å². The largest absolute Gasteiger partial charge is 0.488 e. The molecule has 0 bridgehead atoms. The average Bonchev–Trinajstić information content (AvgIpc) is 2.33. The Labute approximate surface area is 99.4 Å². The summed E-state index contributed by atoms with van der Waals surface area (Å²) in [6.07, 6.45) is 0. The summed E-state index contributed by atoms with van der Waals surface area (Å²) in [7, 11) is -1.46. The van der Waals surface area contributed by atoms with Crippen LogP contribution in [0.2, 0.25) is 0 Å². The van der Waals surface area contributed by atoms with Crippen LogP contribution in [0, 0.1) is 0 Å². The number of benzene rings is 2. The highest BCUT2D eigenvalue weighted by Gasteiger charge is 2.09. The molecule has 0 saturated carbocycles. The van der Waals surface area contributed by atoms with Gasteiger partial charge < -0.3 is 20.5 Å². The maximum Gasteiger partial charge on any atom is 0.488 e. The van der Waals surface area contributed by atoms with Gasteiger partial charge in [0.15, 0.2) is 0 Å². The van der Waals surface area contributed by atoms with Crippen LogP contribution in [0.4, 0.5) is 5.69 Å². The molecule has 2 aromatic carbocycles. The molecule has 0 radical (unpaired) electrons. The van der Waals surface area contributed by atoms with Crippen LogP contribution < -0.4 is 15.9 Å². The second-order valence-electron chi connectivity index (χ2n) is 3.61. The van der Waals surface area contributed by atoms with Gasteiger partial charge in [-0.3, -0.25) is 0 Å². The van der Waals surface area contributed by atoms with Crippen molar-refractivity contribution in [1.29, 1.82) is 0 Å². The molecule has 2 rings (SSSR count). The van der Waals surface area contributed by atoms with E-state index >= 15 is 0 Å². The lowest BCUT2D eigenvalue weighted by Gasteiger charge is -2.06. The van der Waals surface area contributed by atoms with E-state index in [-0.39, 0.29) is 0 Å². The van der Waals surface area contributed by atoms with Crippen molar-refractivity contribution in [3.63, 3.8) is 0 Å². The van der Waals surface area contributed by atoms with E-state index in [1.54, 1.807) is 48.5 Å². The first kappa shape index (κ1) is 11.5. The standard InChI is InChI=1S/C12H12BNO3/c14-10-3-7-12(8-4-10)17-11-5-1-9(2-6-11)13(15)16/h1-8,15-16H,14H2. The highest BCUT2D eigenvalue weighted by Crippen LogP contribution is 2.21. The Morgan fingerprint density at radius 3 is 1.76 bits per heavy atom. The molecule has 0 atom stereocenters. The fourth-order valence-electron chi connectivity index (χ4n) is 1.38. The lowest BCUT2D eigenvalue weighted by atomic mass is 9.80. The summed E-state index contributed by atoms with van der Waals surface area (Å²) in [6, 6.07) is 13.6. The Kier molecular flexibility index (Phi) is 3.32. The maximum absolute atomic E-state index is 8.94. The minimum absolute atomic E-state index is 0.426. The molecule has 0 saturated heterocycles. The predicted molar refractivity (Wildman–Crippen MR) is 67.2 cm³/mol. The Morgan fingerprint density at radius 2 is 1.29 bits per heavy atom. The number of nitrogens with two attached hydrogens (primary N) is 1. The van der Waals surface area contributed by atoms with Crippen LogP contribution in [0.25, 0.3) is 0 Å². The summed E-state index contributed by atoms with van der Waals surface area (Å²) in [5, 5.41) is 17.9. The Morgan fingerprint density at radius 1 is 0.824 bits per heavy atom.